The van der Waals surface area contributed by atoms with Crippen molar-refractivity contribution in [2.24, 2.45) is 0 Å². The van der Waals surface area contributed by atoms with Crippen molar-refractivity contribution in [3.63, 3.8) is 0 Å². The van der Waals surface area contributed by atoms with Crippen LogP contribution in [0.15, 0.2) is 53.0 Å². The Bertz CT molecular complexity index is 977. The van der Waals surface area contributed by atoms with Gasteiger partial charge in [-0.2, -0.15) is 0 Å². The van der Waals surface area contributed by atoms with Crippen molar-refractivity contribution < 1.29 is 18.7 Å². The number of methoxy groups -OCH3 is 2. The third-order valence-corrected chi connectivity index (χ3v) is 5.26. The van der Waals surface area contributed by atoms with E-state index in [1.807, 2.05) is 41.3 Å². The summed E-state index contributed by atoms with van der Waals surface area (Å²) >= 11 is 0. The molecule has 150 valence electrons. The predicted octanol–water partition coefficient (Wildman–Crippen LogP) is 4.26. The van der Waals surface area contributed by atoms with Gasteiger partial charge in [-0.25, -0.2) is 4.98 Å². The zero-order chi connectivity index (χ0) is 20.2. The Morgan fingerprint density at radius 1 is 1.10 bits per heavy atom. The molecule has 0 radical (unpaired) electrons. The average Bonchev–Trinajstić information content (AvgIpc) is 3.21. The third-order valence-electron chi connectivity index (χ3n) is 5.26. The fourth-order valence-corrected chi connectivity index (χ4v) is 3.61. The van der Waals surface area contributed by atoms with Crippen LogP contribution in [-0.4, -0.2) is 43.1 Å². The number of para-hydroxylation sites is 2. The van der Waals surface area contributed by atoms with Crippen molar-refractivity contribution in [1.29, 1.82) is 0 Å². The number of carbonyl (C=O) groups is 1. The van der Waals surface area contributed by atoms with Gasteiger partial charge in [0.05, 0.1) is 14.2 Å². The molecule has 6 nitrogen and oxygen atoms in total. The van der Waals surface area contributed by atoms with E-state index in [1.165, 1.54) is 0 Å². The molecule has 3 aromatic rings. The van der Waals surface area contributed by atoms with Gasteiger partial charge in [-0.05, 0) is 48.7 Å². The van der Waals surface area contributed by atoms with Gasteiger partial charge < -0.3 is 18.8 Å². The summed E-state index contributed by atoms with van der Waals surface area (Å²) in [5.41, 5.74) is 2.56. The van der Waals surface area contributed by atoms with Crippen LogP contribution in [0.25, 0.3) is 17.2 Å². The number of carbonyl (C=O) groups excluding carboxylic acids is 1. The number of rotatable bonds is 5. The lowest BCUT2D eigenvalue weighted by molar-refractivity contribution is -0.127. The Labute approximate surface area is 169 Å². The number of amides is 1. The van der Waals surface area contributed by atoms with Gasteiger partial charge in [0.1, 0.15) is 17.0 Å². The highest BCUT2D eigenvalue weighted by atomic mass is 16.5. The molecule has 1 aromatic heterocycles. The monoisotopic (exact) mass is 392 g/mol. The summed E-state index contributed by atoms with van der Waals surface area (Å²) in [5, 5.41) is 0. The number of nitrogens with zero attached hydrogens (tertiary/aromatic N) is 2. The van der Waals surface area contributed by atoms with Gasteiger partial charge in [-0.3, -0.25) is 4.79 Å². The predicted molar refractivity (Wildman–Crippen MR) is 111 cm³/mol. The zero-order valence-corrected chi connectivity index (χ0v) is 16.6. The quantitative estimate of drug-likeness (QED) is 0.607. The van der Waals surface area contributed by atoms with Gasteiger partial charge in [0.2, 0.25) is 5.91 Å². The van der Waals surface area contributed by atoms with Crippen LogP contribution in [0.2, 0.25) is 0 Å². The van der Waals surface area contributed by atoms with E-state index in [2.05, 4.69) is 4.98 Å². The Balaban J connectivity index is 1.38. The second kappa shape index (κ2) is 8.39. The third kappa shape index (κ3) is 4.26. The van der Waals surface area contributed by atoms with Crippen molar-refractivity contribution in [2.45, 2.75) is 18.8 Å². The summed E-state index contributed by atoms with van der Waals surface area (Å²) < 4.78 is 16.4. The Morgan fingerprint density at radius 2 is 1.79 bits per heavy atom. The highest BCUT2D eigenvalue weighted by Gasteiger charge is 2.26. The van der Waals surface area contributed by atoms with Crippen LogP contribution in [0.5, 0.6) is 11.5 Å². The molecule has 29 heavy (non-hydrogen) atoms. The molecule has 6 heteroatoms. The maximum atomic E-state index is 12.6. The number of fused-ring (bicyclic) bond motifs is 1. The minimum atomic E-state index is 0.00259. The van der Waals surface area contributed by atoms with E-state index < -0.39 is 0 Å². The second-order valence-electron chi connectivity index (χ2n) is 7.10. The summed E-state index contributed by atoms with van der Waals surface area (Å²) in [5.74, 6) is 2.41. The first kappa shape index (κ1) is 19.1. The van der Waals surface area contributed by atoms with Crippen molar-refractivity contribution in [3.05, 3.63) is 60.0 Å². The highest BCUT2D eigenvalue weighted by Crippen LogP contribution is 2.30. The van der Waals surface area contributed by atoms with Crippen LogP contribution >= 0.6 is 0 Å². The van der Waals surface area contributed by atoms with Crippen LogP contribution in [0.3, 0.4) is 0 Å². The number of ether oxygens (including phenoxy) is 2. The number of oxazole rings is 1. The summed E-state index contributed by atoms with van der Waals surface area (Å²) in [6.07, 6.45) is 5.09. The number of piperidine rings is 1. The van der Waals surface area contributed by atoms with E-state index in [0.29, 0.717) is 24.6 Å². The molecule has 1 amide bonds. The Kier molecular flexibility index (Phi) is 5.51. The molecule has 0 atom stereocenters. The van der Waals surface area contributed by atoms with E-state index in [1.54, 1.807) is 32.4 Å². The van der Waals surface area contributed by atoms with E-state index in [0.717, 1.165) is 35.4 Å². The van der Waals surface area contributed by atoms with Gasteiger partial charge in [0.25, 0.3) is 0 Å². The van der Waals surface area contributed by atoms with Gasteiger partial charge >= 0.3 is 0 Å². The van der Waals surface area contributed by atoms with Crippen molar-refractivity contribution in [2.75, 3.05) is 27.3 Å². The molecule has 1 aliphatic rings. The first-order valence-corrected chi connectivity index (χ1v) is 9.72. The molecule has 2 aromatic carbocycles. The van der Waals surface area contributed by atoms with Gasteiger partial charge in [-0.15, -0.1) is 0 Å². The van der Waals surface area contributed by atoms with Crippen LogP contribution in [0.1, 0.15) is 30.2 Å². The fraction of sp³-hybridized carbons (Fsp3) is 0.304. The molecular weight excluding hydrogens is 368 g/mol. The lowest BCUT2D eigenvalue weighted by Crippen LogP contribution is -2.36. The molecule has 0 N–H and O–H groups in total. The summed E-state index contributed by atoms with van der Waals surface area (Å²) in [6.45, 7) is 1.38. The molecule has 0 saturated carbocycles. The van der Waals surface area contributed by atoms with Crippen molar-refractivity contribution in [1.82, 2.24) is 9.88 Å². The van der Waals surface area contributed by atoms with E-state index in [-0.39, 0.29) is 11.8 Å². The average molecular weight is 392 g/mol. The molecule has 1 saturated heterocycles. The van der Waals surface area contributed by atoms with Crippen molar-refractivity contribution in [3.8, 4) is 11.5 Å². The Morgan fingerprint density at radius 3 is 2.45 bits per heavy atom. The number of hydrogen-bond acceptors (Lipinski definition) is 5. The topological polar surface area (TPSA) is 64.8 Å². The molecule has 4 rings (SSSR count). The molecule has 0 unspecified atom stereocenters. The largest absolute Gasteiger partial charge is 0.497 e. The number of aromatic nitrogens is 1. The molecule has 2 heterocycles. The molecular formula is C23H24N2O4. The first-order valence-electron chi connectivity index (χ1n) is 9.72. The summed E-state index contributed by atoms with van der Waals surface area (Å²) in [6, 6.07) is 13.3. The lowest BCUT2D eigenvalue weighted by Gasteiger charge is -2.29. The summed E-state index contributed by atoms with van der Waals surface area (Å²) in [4.78, 5) is 19.1. The highest BCUT2D eigenvalue weighted by molar-refractivity contribution is 5.92. The van der Waals surface area contributed by atoms with Crippen LogP contribution < -0.4 is 9.47 Å². The minimum absolute atomic E-state index is 0.00259. The van der Waals surface area contributed by atoms with Gasteiger partial charge in [0.15, 0.2) is 11.5 Å². The SMILES string of the molecule is COc1cc(/C=C/C(=O)N2CCC(c3nc4ccccc4o3)CC2)cc(OC)c1. The smallest absolute Gasteiger partial charge is 0.246 e. The van der Waals surface area contributed by atoms with E-state index in [9.17, 15) is 4.79 Å². The maximum Gasteiger partial charge on any atom is 0.246 e. The Hall–Kier alpha value is -3.28. The van der Waals surface area contributed by atoms with E-state index >= 15 is 0 Å². The number of benzene rings is 2. The van der Waals surface area contributed by atoms with Crippen molar-refractivity contribution >= 4 is 23.1 Å². The van der Waals surface area contributed by atoms with Gasteiger partial charge in [-0.1, -0.05) is 12.1 Å². The normalized spacial score (nSPS) is 15.2. The molecule has 1 aliphatic heterocycles. The maximum absolute atomic E-state index is 12.6. The number of hydrogen-bond donors (Lipinski definition) is 0. The minimum Gasteiger partial charge on any atom is -0.497 e. The standard InChI is InChI=1S/C23H24N2O4/c1-27-18-13-16(14-19(15-18)28-2)7-8-22(26)25-11-9-17(10-12-25)23-24-20-5-3-4-6-21(20)29-23/h3-8,13-15,17H,9-12H2,1-2H3/b8-7+. The van der Waals surface area contributed by atoms with Gasteiger partial charge in [0, 0.05) is 31.1 Å². The summed E-state index contributed by atoms with van der Waals surface area (Å²) in [7, 11) is 3.21. The van der Waals surface area contributed by atoms with Crippen LogP contribution in [0, 0.1) is 0 Å². The second-order valence-corrected chi connectivity index (χ2v) is 7.10. The molecule has 1 fully saturated rings. The lowest BCUT2D eigenvalue weighted by atomic mass is 9.96. The van der Waals surface area contributed by atoms with Crippen LogP contribution in [0.4, 0.5) is 0 Å². The zero-order valence-electron chi connectivity index (χ0n) is 16.6. The fourth-order valence-electron chi connectivity index (χ4n) is 3.61. The number of likely N-dealkylation sites (tertiary alicyclic amines) is 1. The van der Waals surface area contributed by atoms with Crippen LogP contribution in [-0.2, 0) is 4.79 Å². The first-order chi connectivity index (χ1) is 14.2. The molecule has 0 spiro atoms. The van der Waals surface area contributed by atoms with E-state index in [4.69, 9.17) is 13.9 Å². The molecule has 0 aliphatic carbocycles. The molecule has 0 bridgehead atoms.